The summed E-state index contributed by atoms with van der Waals surface area (Å²) in [6.07, 6.45) is 12.2. The van der Waals surface area contributed by atoms with Crippen molar-refractivity contribution in [3.8, 4) is 0 Å². The molecule has 0 aromatic rings. The standard InChI is InChI=1S/C17H36N2/c1-6-7-8-9-10-11-15-18-19-16(2,3)13-12-14-17(19,4)5/h18H,6-15H2,1-5H3. The van der Waals surface area contributed by atoms with Crippen LogP contribution in [0.15, 0.2) is 0 Å². The number of hydrogen-bond donors (Lipinski definition) is 1. The van der Waals surface area contributed by atoms with Crippen LogP contribution < -0.4 is 5.43 Å². The Morgan fingerprint density at radius 3 is 1.95 bits per heavy atom. The average molecular weight is 268 g/mol. The molecule has 2 nitrogen and oxygen atoms in total. The third-order valence-electron chi connectivity index (χ3n) is 4.59. The number of rotatable bonds is 8. The van der Waals surface area contributed by atoms with E-state index < -0.39 is 0 Å². The number of hydrazine groups is 1. The number of hydrogen-bond acceptors (Lipinski definition) is 2. The van der Waals surface area contributed by atoms with Gasteiger partial charge in [0.1, 0.15) is 0 Å². The van der Waals surface area contributed by atoms with Gasteiger partial charge in [0.25, 0.3) is 0 Å². The molecule has 0 aliphatic carbocycles. The molecule has 2 heteroatoms. The van der Waals surface area contributed by atoms with Crippen molar-refractivity contribution in [2.45, 2.75) is 103 Å². The Morgan fingerprint density at radius 2 is 1.37 bits per heavy atom. The molecule has 0 amide bonds. The van der Waals surface area contributed by atoms with Gasteiger partial charge in [-0.3, -0.25) is 5.43 Å². The van der Waals surface area contributed by atoms with Crippen LogP contribution in [-0.4, -0.2) is 22.6 Å². The van der Waals surface area contributed by atoms with Gasteiger partial charge >= 0.3 is 0 Å². The summed E-state index contributed by atoms with van der Waals surface area (Å²) in [5, 5.41) is 2.54. The van der Waals surface area contributed by atoms with Crippen molar-refractivity contribution in [2.75, 3.05) is 6.54 Å². The zero-order valence-electron chi connectivity index (χ0n) is 14.0. The summed E-state index contributed by atoms with van der Waals surface area (Å²) in [6.45, 7) is 12.9. The Balaban J connectivity index is 2.25. The van der Waals surface area contributed by atoms with Crippen molar-refractivity contribution >= 4 is 0 Å². The van der Waals surface area contributed by atoms with Crippen LogP contribution in [0.1, 0.15) is 92.4 Å². The fraction of sp³-hybridized carbons (Fsp3) is 1.00. The third kappa shape index (κ3) is 5.43. The van der Waals surface area contributed by atoms with Gasteiger partial charge in [0.05, 0.1) is 0 Å². The first-order valence-electron chi connectivity index (χ1n) is 8.44. The maximum Gasteiger partial charge on any atom is 0.0304 e. The van der Waals surface area contributed by atoms with Crippen molar-refractivity contribution in [1.82, 2.24) is 10.4 Å². The van der Waals surface area contributed by atoms with Crippen LogP contribution in [0.4, 0.5) is 0 Å². The van der Waals surface area contributed by atoms with Gasteiger partial charge in [-0.2, -0.15) is 0 Å². The van der Waals surface area contributed by atoms with Crippen molar-refractivity contribution < 1.29 is 0 Å². The molecule has 114 valence electrons. The van der Waals surface area contributed by atoms with Gasteiger partial charge in [-0.1, -0.05) is 39.0 Å². The largest absolute Gasteiger partial charge is 0.254 e. The molecule has 0 aromatic carbocycles. The second kappa shape index (κ2) is 7.64. The molecule has 1 aliphatic rings. The van der Waals surface area contributed by atoms with E-state index in [2.05, 4.69) is 45.1 Å². The van der Waals surface area contributed by atoms with E-state index in [-0.39, 0.29) is 0 Å². The predicted octanol–water partition coefficient (Wildman–Crippen LogP) is 4.89. The minimum atomic E-state index is 0.296. The summed E-state index contributed by atoms with van der Waals surface area (Å²) >= 11 is 0. The summed E-state index contributed by atoms with van der Waals surface area (Å²) in [6, 6.07) is 0. The van der Waals surface area contributed by atoms with Crippen molar-refractivity contribution in [2.24, 2.45) is 0 Å². The Morgan fingerprint density at radius 1 is 0.842 bits per heavy atom. The summed E-state index contributed by atoms with van der Waals surface area (Å²) in [4.78, 5) is 0. The van der Waals surface area contributed by atoms with Crippen molar-refractivity contribution in [1.29, 1.82) is 0 Å². The predicted molar refractivity (Wildman–Crippen MR) is 85.2 cm³/mol. The van der Waals surface area contributed by atoms with Crippen LogP contribution in [0.5, 0.6) is 0 Å². The summed E-state index contributed by atoms with van der Waals surface area (Å²) in [5.41, 5.74) is 4.32. The molecule has 1 saturated heterocycles. The molecule has 0 spiro atoms. The summed E-state index contributed by atoms with van der Waals surface area (Å²) in [7, 11) is 0. The highest BCUT2D eigenvalue weighted by Gasteiger charge is 2.40. The van der Waals surface area contributed by atoms with E-state index in [1.165, 1.54) is 57.8 Å². The van der Waals surface area contributed by atoms with Crippen LogP contribution in [0.3, 0.4) is 0 Å². The molecule has 0 bridgehead atoms. The van der Waals surface area contributed by atoms with Crippen LogP contribution in [0, 0.1) is 0 Å². The fourth-order valence-corrected chi connectivity index (χ4v) is 3.52. The number of nitrogens with zero attached hydrogens (tertiary/aromatic N) is 1. The van der Waals surface area contributed by atoms with Crippen LogP contribution in [-0.2, 0) is 0 Å². The van der Waals surface area contributed by atoms with Crippen LogP contribution >= 0.6 is 0 Å². The Kier molecular flexibility index (Phi) is 6.82. The molecule has 1 fully saturated rings. The summed E-state index contributed by atoms with van der Waals surface area (Å²) < 4.78 is 0. The number of unbranched alkanes of at least 4 members (excludes halogenated alkanes) is 5. The lowest BCUT2D eigenvalue weighted by Crippen LogP contribution is -2.64. The molecule has 0 atom stereocenters. The topological polar surface area (TPSA) is 15.3 Å². The first kappa shape index (κ1) is 17.0. The smallest absolute Gasteiger partial charge is 0.0304 e. The first-order valence-corrected chi connectivity index (χ1v) is 8.44. The fourth-order valence-electron chi connectivity index (χ4n) is 3.52. The molecule has 0 saturated carbocycles. The Hall–Kier alpha value is -0.0800. The SMILES string of the molecule is CCCCCCCCNN1C(C)(C)CCCC1(C)C. The number of piperidine rings is 1. The second-order valence-electron chi connectivity index (χ2n) is 7.49. The van der Waals surface area contributed by atoms with E-state index >= 15 is 0 Å². The quantitative estimate of drug-likeness (QED) is 0.630. The van der Waals surface area contributed by atoms with Crippen LogP contribution in [0.2, 0.25) is 0 Å². The van der Waals surface area contributed by atoms with Gasteiger partial charge < -0.3 is 0 Å². The Bertz CT molecular complexity index is 230. The minimum absolute atomic E-state index is 0.296. The van der Waals surface area contributed by atoms with E-state index in [0.29, 0.717) is 11.1 Å². The molecule has 19 heavy (non-hydrogen) atoms. The molecule has 0 radical (unpaired) electrons. The lowest BCUT2D eigenvalue weighted by Gasteiger charge is -2.52. The van der Waals surface area contributed by atoms with E-state index in [4.69, 9.17) is 0 Å². The molecule has 0 aromatic heterocycles. The molecule has 1 aliphatic heterocycles. The highest BCUT2D eigenvalue weighted by Crippen LogP contribution is 2.36. The zero-order valence-corrected chi connectivity index (χ0v) is 14.0. The highest BCUT2D eigenvalue weighted by molar-refractivity contribution is 4.94. The van der Waals surface area contributed by atoms with Crippen LogP contribution in [0.25, 0.3) is 0 Å². The van der Waals surface area contributed by atoms with Crippen molar-refractivity contribution in [3.63, 3.8) is 0 Å². The van der Waals surface area contributed by atoms with Gasteiger partial charge in [0, 0.05) is 17.6 Å². The molecular formula is C17H36N2. The average Bonchev–Trinajstić information content (AvgIpc) is 2.30. The second-order valence-corrected chi connectivity index (χ2v) is 7.49. The van der Waals surface area contributed by atoms with E-state index in [1.54, 1.807) is 0 Å². The van der Waals surface area contributed by atoms with E-state index in [1.807, 2.05) is 0 Å². The lowest BCUT2D eigenvalue weighted by atomic mass is 9.81. The number of nitrogens with one attached hydrogen (secondary N) is 1. The normalized spacial score (nSPS) is 22.6. The lowest BCUT2D eigenvalue weighted by molar-refractivity contribution is -0.0701. The zero-order chi connectivity index (χ0) is 14.4. The minimum Gasteiger partial charge on any atom is -0.254 e. The van der Waals surface area contributed by atoms with Gasteiger partial charge in [-0.15, -0.1) is 0 Å². The monoisotopic (exact) mass is 268 g/mol. The maximum atomic E-state index is 3.73. The van der Waals surface area contributed by atoms with E-state index in [0.717, 1.165) is 6.54 Å². The van der Waals surface area contributed by atoms with Gasteiger partial charge in [0.15, 0.2) is 0 Å². The molecular weight excluding hydrogens is 232 g/mol. The van der Waals surface area contributed by atoms with Gasteiger partial charge in [-0.05, 0) is 53.4 Å². The van der Waals surface area contributed by atoms with Gasteiger partial charge in [-0.25, -0.2) is 5.01 Å². The van der Waals surface area contributed by atoms with Gasteiger partial charge in [0.2, 0.25) is 0 Å². The molecule has 0 unspecified atom stereocenters. The summed E-state index contributed by atoms with van der Waals surface area (Å²) in [5.74, 6) is 0. The molecule has 1 heterocycles. The third-order valence-corrected chi connectivity index (χ3v) is 4.59. The molecule has 1 N–H and O–H groups in total. The first-order chi connectivity index (χ1) is 8.90. The Labute approximate surface area is 121 Å². The van der Waals surface area contributed by atoms with E-state index in [9.17, 15) is 0 Å². The maximum absolute atomic E-state index is 3.73. The highest BCUT2D eigenvalue weighted by atomic mass is 15.6. The van der Waals surface area contributed by atoms with Crippen molar-refractivity contribution in [3.05, 3.63) is 0 Å². The molecule has 1 rings (SSSR count).